The average Bonchev–Trinajstić information content (AvgIpc) is 2.09. The first-order valence-corrected chi connectivity index (χ1v) is 3.46. The zero-order valence-corrected chi connectivity index (χ0v) is 6.57. The van der Waals surface area contributed by atoms with Crippen molar-refractivity contribution in [1.29, 1.82) is 0 Å². The molecule has 0 radical (unpaired) electrons. The fraction of sp³-hybridized carbons (Fsp3) is 0. The number of nitrogens with one attached hydrogen (secondary N) is 1. The molecule has 5 heteroatoms. The van der Waals surface area contributed by atoms with Crippen LogP contribution in [0.5, 0.6) is 0 Å². The maximum atomic E-state index is 12.4. The van der Waals surface area contributed by atoms with Gasteiger partial charge in [0.2, 0.25) is 0 Å². The minimum Gasteiger partial charge on any atom is -0.411 e. The van der Waals surface area contributed by atoms with Gasteiger partial charge < -0.3 is 10.5 Å². The van der Waals surface area contributed by atoms with E-state index in [1.807, 2.05) is 0 Å². The fourth-order valence-corrected chi connectivity index (χ4v) is 0.760. The molecule has 0 heterocycles. The molecule has 0 aliphatic carbocycles. The highest BCUT2D eigenvalue weighted by Gasteiger charge is 1.97. The van der Waals surface area contributed by atoms with E-state index in [0.29, 0.717) is 11.9 Å². The summed E-state index contributed by atoms with van der Waals surface area (Å²) in [5.74, 6) is -0.956. The highest BCUT2D eigenvalue weighted by atomic mass is 19.1. The summed E-state index contributed by atoms with van der Waals surface area (Å²) in [7, 11) is 0. The van der Waals surface area contributed by atoms with Crippen molar-refractivity contribution in [2.45, 2.75) is 0 Å². The van der Waals surface area contributed by atoms with Gasteiger partial charge in [-0.15, -0.1) is 0 Å². The van der Waals surface area contributed by atoms with E-state index in [1.54, 1.807) is 0 Å². The van der Waals surface area contributed by atoms with Gasteiger partial charge in [-0.1, -0.05) is 5.16 Å². The minimum atomic E-state index is -0.575. The van der Waals surface area contributed by atoms with Crippen LogP contribution in [-0.2, 0) is 4.79 Å². The Bertz CT molecular complexity index is 321. The lowest BCUT2D eigenvalue weighted by atomic mass is 10.3. The molecule has 68 valence electrons. The molecule has 1 amide bonds. The number of anilines is 1. The Balaban J connectivity index is 2.64. The SMILES string of the molecule is O=C(/C=N/O)Nc1ccc(F)cc1. The van der Waals surface area contributed by atoms with Crippen molar-refractivity contribution in [3.8, 4) is 0 Å². The van der Waals surface area contributed by atoms with Gasteiger partial charge in [0.05, 0.1) is 0 Å². The van der Waals surface area contributed by atoms with E-state index >= 15 is 0 Å². The molecule has 0 aliphatic rings. The molecule has 0 bridgehead atoms. The molecule has 1 aromatic carbocycles. The summed E-state index contributed by atoms with van der Waals surface area (Å²) in [6, 6.07) is 5.23. The van der Waals surface area contributed by atoms with Crippen LogP contribution in [0.4, 0.5) is 10.1 Å². The van der Waals surface area contributed by atoms with Gasteiger partial charge in [0.15, 0.2) is 0 Å². The molecule has 0 aliphatic heterocycles. The van der Waals surface area contributed by atoms with E-state index in [9.17, 15) is 9.18 Å². The Kier molecular flexibility index (Phi) is 2.97. The van der Waals surface area contributed by atoms with E-state index in [-0.39, 0.29) is 5.82 Å². The molecule has 4 nitrogen and oxygen atoms in total. The fourth-order valence-electron chi connectivity index (χ4n) is 0.760. The molecule has 2 N–H and O–H groups in total. The Hall–Kier alpha value is -1.91. The summed E-state index contributed by atoms with van der Waals surface area (Å²) in [4.78, 5) is 10.8. The molecule has 1 aromatic rings. The van der Waals surface area contributed by atoms with Gasteiger partial charge in [-0.3, -0.25) is 4.79 Å². The number of benzene rings is 1. The molecule has 0 atom stereocenters. The zero-order chi connectivity index (χ0) is 9.68. The van der Waals surface area contributed by atoms with Crippen LogP contribution in [-0.4, -0.2) is 17.3 Å². The largest absolute Gasteiger partial charge is 0.411 e. The van der Waals surface area contributed by atoms with Crippen molar-refractivity contribution < 1.29 is 14.4 Å². The van der Waals surface area contributed by atoms with E-state index in [4.69, 9.17) is 5.21 Å². The first-order valence-electron chi connectivity index (χ1n) is 3.46. The van der Waals surface area contributed by atoms with E-state index < -0.39 is 5.91 Å². The summed E-state index contributed by atoms with van der Waals surface area (Å²) >= 11 is 0. The van der Waals surface area contributed by atoms with Gasteiger partial charge in [-0.05, 0) is 24.3 Å². The Morgan fingerprint density at radius 1 is 1.46 bits per heavy atom. The van der Waals surface area contributed by atoms with Crippen molar-refractivity contribution in [2.75, 3.05) is 5.32 Å². The quantitative estimate of drug-likeness (QED) is 0.410. The predicted molar refractivity (Wildman–Crippen MR) is 45.3 cm³/mol. The van der Waals surface area contributed by atoms with E-state index in [0.717, 1.165) is 0 Å². The molecule has 0 saturated heterocycles. The van der Waals surface area contributed by atoms with Crippen molar-refractivity contribution in [3.63, 3.8) is 0 Å². The first-order chi connectivity index (χ1) is 6.22. The highest BCUT2D eigenvalue weighted by molar-refractivity contribution is 6.31. The minimum absolute atomic E-state index is 0.381. The first kappa shape index (κ1) is 9.18. The topological polar surface area (TPSA) is 61.7 Å². The van der Waals surface area contributed by atoms with Crippen LogP contribution in [0.2, 0.25) is 0 Å². The predicted octanol–water partition coefficient (Wildman–Crippen LogP) is 1.22. The van der Waals surface area contributed by atoms with E-state index in [2.05, 4.69) is 10.5 Å². The molecule has 0 aromatic heterocycles. The van der Waals surface area contributed by atoms with Gasteiger partial charge >= 0.3 is 0 Å². The van der Waals surface area contributed by atoms with Crippen LogP contribution in [0.1, 0.15) is 0 Å². The summed E-state index contributed by atoms with van der Waals surface area (Å²) < 4.78 is 12.4. The second-order valence-electron chi connectivity index (χ2n) is 2.24. The molecule has 0 spiro atoms. The lowest BCUT2D eigenvalue weighted by Crippen LogP contribution is -2.12. The monoisotopic (exact) mass is 182 g/mol. The van der Waals surface area contributed by atoms with Crippen LogP contribution in [0.3, 0.4) is 0 Å². The van der Waals surface area contributed by atoms with Gasteiger partial charge in [0.1, 0.15) is 12.0 Å². The number of rotatable bonds is 2. The molecule has 13 heavy (non-hydrogen) atoms. The number of hydrogen-bond acceptors (Lipinski definition) is 3. The summed E-state index contributed by atoms with van der Waals surface area (Å²) in [5.41, 5.74) is 0.436. The number of hydrogen-bond donors (Lipinski definition) is 2. The van der Waals surface area contributed by atoms with Gasteiger partial charge in [0.25, 0.3) is 5.91 Å². The van der Waals surface area contributed by atoms with Crippen LogP contribution >= 0.6 is 0 Å². The number of carbonyl (C=O) groups excluding carboxylic acids is 1. The van der Waals surface area contributed by atoms with Gasteiger partial charge in [0, 0.05) is 5.69 Å². The number of oxime groups is 1. The normalized spacial score (nSPS) is 10.2. The van der Waals surface area contributed by atoms with Crippen LogP contribution in [0, 0.1) is 5.82 Å². The second kappa shape index (κ2) is 4.20. The standard InChI is InChI=1S/C8H7FN2O2/c9-6-1-3-7(4-2-6)11-8(12)5-10-13/h1-5,13H,(H,11,12)/b10-5+. The summed E-state index contributed by atoms with van der Waals surface area (Å²) in [5, 5.41) is 12.9. The summed E-state index contributed by atoms with van der Waals surface area (Å²) in [6.07, 6.45) is 0.712. The second-order valence-corrected chi connectivity index (χ2v) is 2.24. The Morgan fingerprint density at radius 3 is 2.62 bits per heavy atom. The molecular weight excluding hydrogens is 175 g/mol. The van der Waals surface area contributed by atoms with Crippen molar-refractivity contribution in [3.05, 3.63) is 30.1 Å². The van der Waals surface area contributed by atoms with Crippen molar-refractivity contribution in [1.82, 2.24) is 0 Å². The number of nitrogens with zero attached hydrogens (tertiary/aromatic N) is 1. The van der Waals surface area contributed by atoms with Crippen LogP contribution < -0.4 is 5.32 Å². The Morgan fingerprint density at radius 2 is 2.08 bits per heavy atom. The van der Waals surface area contributed by atoms with Crippen molar-refractivity contribution >= 4 is 17.8 Å². The molecule has 1 rings (SSSR count). The van der Waals surface area contributed by atoms with E-state index in [1.165, 1.54) is 24.3 Å². The number of carbonyl (C=O) groups is 1. The highest BCUT2D eigenvalue weighted by Crippen LogP contribution is 2.07. The van der Waals surface area contributed by atoms with Crippen LogP contribution in [0.15, 0.2) is 29.4 Å². The van der Waals surface area contributed by atoms with Crippen molar-refractivity contribution in [2.24, 2.45) is 5.16 Å². The summed E-state index contributed by atoms with van der Waals surface area (Å²) in [6.45, 7) is 0. The smallest absolute Gasteiger partial charge is 0.270 e. The Labute approximate surface area is 73.7 Å². The maximum absolute atomic E-state index is 12.4. The molecule has 0 unspecified atom stereocenters. The third kappa shape index (κ3) is 2.90. The lowest BCUT2D eigenvalue weighted by Gasteiger charge is -1.99. The lowest BCUT2D eigenvalue weighted by molar-refractivity contribution is -0.110. The molecule has 0 fully saturated rings. The van der Waals surface area contributed by atoms with Gasteiger partial charge in [-0.2, -0.15) is 0 Å². The average molecular weight is 182 g/mol. The third-order valence-corrected chi connectivity index (χ3v) is 1.29. The molecule has 0 saturated carbocycles. The van der Waals surface area contributed by atoms with Crippen LogP contribution in [0.25, 0.3) is 0 Å². The number of halogens is 1. The maximum Gasteiger partial charge on any atom is 0.270 e. The number of amides is 1. The van der Waals surface area contributed by atoms with Gasteiger partial charge in [-0.25, -0.2) is 4.39 Å². The zero-order valence-electron chi connectivity index (χ0n) is 6.57. The molecular formula is C8H7FN2O2. The third-order valence-electron chi connectivity index (χ3n) is 1.29.